The van der Waals surface area contributed by atoms with E-state index in [1.807, 2.05) is 13.8 Å². The van der Waals surface area contributed by atoms with Gasteiger partial charge in [0.25, 0.3) is 11.8 Å². The summed E-state index contributed by atoms with van der Waals surface area (Å²) in [4.78, 5) is 30.4. The van der Waals surface area contributed by atoms with Gasteiger partial charge >= 0.3 is 0 Å². The molecule has 6 nitrogen and oxygen atoms in total. The van der Waals surface area contributed by atoms with Crippen LogP contribution >= 0.6 is 0 Å². The van der Waals surface area contributed by atoms with E-state index in [2.05, 4.69) is 10.3 Å². The molecule has 0 fully saturated rings. The molecule has 0 aliphatic carbocycles. The zero-order chi connectivity index (χ0) is 16.4. The number of hydrogen-bond acceptors (Lipinski definition) is 4. The van der Waals surface area contributed by atoms with Crippen molar-refractivity contribution in [2.24, 2.45) is 0 Å². The number of aromatic nitrogens is 1. The maximum absolute atomic E-state index is 12.5. The van der Waals surface area contributed by atoms with E-state index >= 15 is 0 Å². The van der Waals surface area contributed by atoms with Crippen LogP contribution in [0.25, 0.3) is 0 Å². The lowest BCUT2D eigenvalue weighted by Crippen LogP contribution is -2.34. The molecular weight excluding hydrogens is 282 g/mol. The molecule has 0 saturated carbocycles. The van der Waals surface area contributed by atoms with E-state index < -0.39 is 0 Å². The second kappa shape index (κ2) is 9.89. The van der Waals surface area contributed by atoms with Crippen molar-refractivity contribution < 1.29 is 14.3 Å². The lowest BCUT2D eigenvalue weighted by Gasteiger charge is -2.21. The van der Waals surface area contributed by atoms with Crippen molar-refractivity contribution in [3.05, 3.63) is 29.6 Å². The van der Waals surface area contributed by atoms with Gasteiger partial charge in [-0.15, -0.1) is 0 Å². The van der Waals surface area contributed by atoms with Crippen LogP contribution in [0.15, 0.2) is 18.2 Å². The molecule has 0 bridgehead atoms. The minimum absolute atomic E-state index is 0.129. The molecule has 6 heteroatoms. The Kier molecular flexibility index (Phi) is 8.14. The van der Waals surface area contributed by atoms with Crippen molar-refractivity contribution in [2.75, 3.05) is 33.4 Å². The molecule has 1 heterocycles. The number of carbonyl (C=O) groups excluding carboxylic acids is 2. The average Bonchev–Trinajstić information content (AvgIpc) is 2.54. The Morgan fingerprint density at radius 3 is 2.41 bits per heavy atom. The van der Waals surface area contributed by atoms with Gasteiger partial charge in [0, 0.05) is 26.7 Å². The van der Waals surface area contributed by atoms with E-state index in [0.717, 1.165) is 12.8 Å². The number of rotatable bonds is 9. The average molecular weight is 307 g/mol. The Labute approximate surface area is 131 Å². The Bertz CT molecular complexity index is 485. The molecule has 0 aliphatic rings. The SMILES string of the molecule is CCCN(CCC)C(=O)c1cccc(C(=O)NCCOC)n1. The molecule has 0 unspecified atom stereocenters. The van der Waals surface area contributed by atoms with Crippen molar-refractivity contribution >= 4 is 11.8 Å². The summed E-state index contributed by atoms with van der Waals surface area (Å²) in [6.07, 6.45) is 1.78. The van der Waals surface area contributed by atoms with Crippen LogP contribution in [0.4, 0.5) is 0 Å². The van der Waals surface area contributed by atoms with Crippen molar-refractivity contribution in [1.29, 1.82) is 0 Å². The number of methoxy groups -OCH3 is 1. The molecule has 0 radical (unpaired) electrons. The third kappa shape index (κ3) is 5.44. The summed E-state index contributed by atoms with van der Waals surface area (Å²) in [5.41, 5.74) is 0.552. The molecule has 1 aromatic rings. The van der Waals surface area contributed by atoms with Crippen LogP contribution in [0.1, 0.15) is 47.7 Å². The monoisotopic (exact) mass is 307 g/mol. The van der Waals surface area contributed by atoms with Gasteiger partial charge < -0.3 is 15.0 Å². The predicted octanol–water partition coefficient (Wildman–Crippen LogP) is 1.72. The van der Waals surface area contributed by atoms with Crippen molar-refractivity contribution in [1.82, 2.24) is 15.2 Å². The van der Waals surface area contributed by atoms with Crippen LogP contribution in [-0.2, 0) is 4.74 Å². The summed E-state index contributed by atoms with van der Waals surface area (Å²) in [6.45, 7) is 6.29. The van der Waals surface area contributed by atoms with Crippen molar-refractivity contribution in [2.45, 2.75) is 26.7 Å². The van der Waals surface area contributed by atoms with Gasteiger partial charge in [0.1, 0.15) is 11.4 Å². The van der Waals surface area contributed by atoms with Crippen molar-refractivity contribution in [3.8, 4) is 0 Å². The minimum Gasteiger partial charge on any atom is -0.383 e. The first-order valence-electron chi connectivity index (χ1n) is 7.67. The quantitative estimate of drug-likeness (QED) is 0.705. The Balaban J connectivity index is 2.81. The standard InChI is InChI=1S/C16H25N3O3/c1-4-10-19(11-5-2)16(21)14-8-6-7-13(18-14)15(20)17-9-12-22-3/h6-8H,4-5,9-12H2,1-3H3,(H,17,20). The van der Waals surface area contributed by atoms with E-state index in [1.165, 1.54) is 0 Å². The topological polar surface area (TPSA) is 71.5 Å². The normalized spacial score (nSPS) is 10.3. The molecule has 122 valence electrons. The molecule has 0 atom stereocenters. The minimum atomic E-state index is -0.302. The maximum Gasteiger partial charge on any atom is 0.272 e. The van der Waals surface area contributed by atoms with Crippen LogP contribution in [0, 0.1) is 0 Å². The summed E-state index contributed by atoms with van der Waals surface area (Å²) in [5, 5.41) is 2.69. The molecule has 1 N–H and O–H groups in total. The molecule has 1 rings (SSSR count). The lowest BCUT2D eigenvalue weighted by molar-refractivity contribution is 0.0749. The van der Waals surface area contributed by atoms with Crippen LogP contribution in [0.5, 0.6) is 0 Å². The highest BCUT2D eigenvalue weighted by Gasteiger charge is 2.17. The fraction of sp³-hybridized carbons (Fsp3) is 0.562. The third-order valence-electron chi connectivity index (χ3n) is 3.07. The smallest absolute Gasteiger partial charge is 0.272 e. The fourth-order valence-corrected chi connectivity index (χ4v) is 2.05. The summed E-state index contributed by atoms with van der Waals surface area (Å²) < 4.78 is 4.88. The number of hydrogen-bond donors (Lipinski definition) is 1. The zero-order valence-corrected chi connectivity index (χ0v) is 13.6. The number of pyridine rings is 1. The number of ether oxygens (including phenoxy) is 1. The highest BCUT2D eigenvalue weighted by atomic mass is 16.5. The Morgan fingerprint density at radius 1 is 1.18 bits per heavy atom. The zero-order valence-electron chi connectivity index (χ0n) is 13.6. The second-order valence-corrected chi connectivity index (χ2v) is 4.95. The van der Waals surface area contributed by atoms with Gasteiger partial charge in [-0.25, -0.2) is 4.98 Å². The van der Waals surface area contributed by atoms with E-state index in [4.69, 9.17) is 4.74 Å². The van der Waals surface area contributed by atoms with Gasteiger partial charge in [-0.1, -0.05) is 19.9 Å². The van der Waals surface area contributed by atoms with Gasteiger partial charge in [-0.05, 0) is 25.0 Å². The number of carbonyl (C=O) groups is 2. The van der Waals surface area contributed by atoms with Gasteiger partial charge in [0.05, 0.1) is 6.61 Å². The van der Waals surface area contributed by atoms with E-state index in [9.17, 15) is 9.59 Å². The van der Waals surface area contributed by atoms with Crippen LogP contribution < -0.4 is 5.32 Å². The van der Waals surface area contributed by atoms with Crippen LogP contribution in [0.3, 0.4) is 0 Å². The van der Waals surface area contributed by atoms with Crippen molar-refractivity contribution in [3.63, 3.8) is 0 Å². The van der Waals surface area contributed by atoms with Gasteiger partial charge in [-0.3, -0.25) is 9.59 Å². The molecule has 1 aromatic heterocycles. The summed E-state index contributed by atoms with van der Waals surface area (Å²) in [5.74, 6) is -0.431. The van der Waals surface area contributed by atoms with E-state index in [1.54, 1.807) is 30.2 Å². The van der Waals surface area contributed by atoms with E-state index in [0.29, 0.717) is 31.9 Å². The van der Waals surface area contributed by atoms with Gasteiger partial charge in [0.2, 0.25) is 0 Å². The summed E-state index contributed by atoms with van der Waals surface area (Å²) in [6, 6.07) is 4.93. The third-order valence-corrected chi connectivity index (χ3v) is 3.07. The molecular formula is C16H25N3O3. The first-order valence-corrected chi connectivity index (χ1v) is 7.67. The predicted molar refractivity (Wildman–Crippen MR) is 84.9 cm³/mol. The van der Waals surface area contributed by atoms with Gasteiger partial charge in [0.15, 0.2) is 0 Å². The largest absolute Gasteiger partial charge is 0.383 e. The molecule has 22 heavy (non-hydrogen) atoms. The lowest BCUT2D eigenvalue weighted by atomic mass is 10.2. The summed E-state index contributed by atoms with van der Waals surface area (Å²) in [7, 11) is 1.57. The maximum atomic E-state index is 12.5. The van der Waals surface area contributed by atoms with Gasteiger partial charge in [-0.2, -0.15) is 0 Å². The fourth-order valence-electron chi connectivity index (χ4n) is 2.05. The molecule has 0 aliphatic heterocycles. The van der Waals surface area contributed by atoms with Crippen LogP contribution in [-0.4, -0.2) is 55.0 Å². The number of nitrogens with zero attached hydrogens (tertiary/aromatic N) is 2. The first-order chi connectivity index (χ1) is 10.6. The molecule has 2 amide bonds. The number of amides is 2. The highest BCUT2D eigenvalue weighted by molar-refractivity contribution is 5.96. The Hall–Kier alpha value is -1.95. The molecule has 0 aromatic carbocycles. The first kappa shape index (κ1) is 18.1. The molecule has 0 saturated heterocycles. The second-order valence-electron chi connectivity index (χ2n) is 4.95. The molecule has 0 spiro atoms. The van der Waals surface area contributed by atoms with E-state index in [-0.39, 0.29) is 17.5 Å². The summed E-state index contributed by atoms with van der Waals surface area (Å²) >= 11 is 0. The highest BCUT2D eigenvalue weighted by Crippen LogP contribution is 2.06. The Morgan fingerprint density at radius 2 is 1.82 bits per heavy atom. The number of nitrogens with one attached hydrogen (secondary N) is 1. The van der Waals surface area contributed by atoms with Crippen LogP contribution in [0.2, 0.25) is 0 Å².